The molecule has 4 nitrogen and oxygen atoms in total. The second-order valence-corrected chi connectivity index (χ2v) is 5.04. The van der Waals surface area contributed by atoms with Gasteiger partial charge in [0.05, 0.1) is 12.1 Å². The van der Waals surface area contributed by atoms with Crippen LogP contribution in [0.4, 0.5) is 0 Å². The van der Waals surface area contributed by atoms with Gasteiger partial charge in [0, 0.05) is 12.2 Å². The molecule has 0 aliphatic heterocycles. The summed E-state index contributed by atoms with van der Waals surface area (Å²) in [4.78, 5) is 16.2. The van der Waals surface area contributed by atoms with Gasteiger partial charge in [0.2, 0.25) is 5.91 Å². The fourth-order valence-corrected chi connectivity index (χ4v) is 2.62. The summed E-state index contributed by atoms with van der Waals surface area (Å²) in [6.45, 7) is 2.64. The van der Waals surface area contributed by atoms with Crippen LogP contribution < -0.4 is 11.1 Å². The van der Waals surface area contributed by atoms with Gasteiger partial charge in [-0.1, -0.05) is 12.5 Å². The van der Waals surface area contributed by atoms with Gasteiger partial charge in [-0.3, -0.25) is 9.78 Å². The number of carbonyl (C=O) groups excluding carboxylic acids is 1. The molecule has 1 saturated carbocycles. The van der Waals surface area contributed by atoms with Gasteiger partial charge < -0.3 is 11.1 Å². The van der Waals surface area contributed by atoms with Crippen molar-refractivity contribution < 1.29 is 4.79 Å². The number of hydrogen-bond acceptors (Lipinski definition) is 3. The van der Waals surface area contributed by atoms with Crippen LogP contribution in [0, 0.1) is 12.8 Å². The molecular formula is C14H21N3O. The molecule has 98 valence electrons. The third-order valence-corrected chi connectivity index (χ3v) is 3.75. The molecule has 1 fully saturated rings. The highest BCUT2D eigenvalue weighted by Crippen LogP contribution is 2.24. The van der Waals surface area contributed by atoms with Crippen LogP contribution in [-0.2, 0) is 11.2 Å². The number of carbonyl (C=O) groups is 1. The molecule has 1 amide bonds. The minimum Gasteiger partial charge on any atom is -0.353 e. The predicted molar refractivity (Wildman–Crippen MR) is 71.0 cm³/mol. The maximum Gasteiger partial charge on any atom is 0.226 e. The van der Waals surface area contributed by atoms with Gasteiger partial charge in [-0.05, 0) is 43.9 Å². The predicted octanol–water partition coefficient (Wildman–Crippen LogP) is 1.18. The summed E-state index contributed by atoms with van der Waals surface area (Å²) in [7, 11) is 0. The third kappa shape index (κ3) is 3.07. The second-order valence-electron chi connectivity index (χ2n) is 5.04. The van der Waals surface area contributed by atoms with E-state index in [0.29, 0.717) is 18.9 Å². The van der Waals surface area contributed by atoms with Crippen LogP contribution in [0.2, 0.25) is 0 Å². The Kier molecular flexibility index (Phi) is 4.31. The van der Waals surface area contributed by atoms with E-state index in [2.05, 4.69) is 10.3 Å². The van der Waals surface area contributed by atoms with Gasteiger partial charge in [0.25, 0.3) is 0 Å². The zero-order valence-corrected chi connectivity index (χ0v) is 10.9. The number of aryl methyl sites for hydroxylation is 1. The monoisotopic (exact) mass is 247 g/mol. The van der Waals surface area contributed by atoms with Crippen molar-refractivity contribution in [2.75, 3.05) is 6.54 Å². The van der Waals surface area contributed by atoms with Crippen molar-refractivity contribution >= 4 is 5.91 Å². The maximum absolute atomic E-state index is 12.0. The molecule has 0 saturated heterocycles. The van der Waals surface area contributed by atoms with E-state index >= 15 is 0 Å². The highest BCUT2D eigenvalue weighted by atomic mass is 16.1. The zero-order valence-electron chi connectivity index (χ0n) is 10.9. The average molecular weight is 247 g/mol. The molecule has 1 heterocycles. The fourth-order valence-electron chi connectivity index (χ4n) is 2.62. The molecular weight excluding hydrogens is 226 g/mol. The first-order chi connectivity index (χ1) is 8.70. The van der Waals surface area contributed by atoms with Crippen LogP contribution in [0.15, 0.2) is 18.3 Å². The van der Waals surface area contributed by atoms with Crippen molar-refractivity contribution in [3.05, 3.63) is 29.6 Å². The largest absolute Gasteiger partial charge is 0.353 e. The van der Waals surface area contributed by atoms with Crippen LogP contribution >= 0.6 is 0 Å². The van der Waals surface area contributed by atoms with Gasteiger partial charge in [0.1, 0.15) is 0 Å². The fraction of sp³-hybridized carbons (Fsp3) is 0.571. The van der Waals surface area contributed by atoms with Crippen molar-refractivity contribution in [1.29, 1.82) is 0 Å². The number of rotatable bonds is 4. The molecule has 0 bridgehead atoms. The summed E-state index contributed by atoms with van der Waals surface area (Å²) in [6, 6.07) is 4.12. The van der Waals surface area contributed by atoms with Gasteiger partial charge >= 0.3 is 0 Å². The number of nitrogens with two attached hydrogens (primary N) is 1. The Morgan fingerprint density at radius 2 is 2.39 bits per heavy atom. The van der Waals surface area contributed by atoms with Crippen molar-refractivity contribution in [2.24, 2.45) is 11.7 Å². The molecule has 2 rings (SSSR count). The quantitative estimate of drug-likeness (QED) is 0.839. The zero-order chi connectivity index (χ0) is 13.0. The smallest absolute Gasteiger partial charge is 0.226 e. The Hall–Kier alpha value is -1.42. The van der Waals surface area contributed by atoms with Gasteiger partial charge in [-0.15, -0.1) is 0 Å². The van der Waals surface area contributed by atoms with E-state index in [4.69, 9.17) is 5.73 Å². The van der Waals surface area contributed by atoms with Crippen molar-refractivity contribution in [2.45, 2.75) is 38.6 Å². The first-order valence-corrected chi connectivity index (χ1v) is 6.60. The molecule has 0 aromatic carbocycles. The topological polar surface area (TPSA) is 68.0 Å². The van der Waals surface area contributed by atoms with Gasteiger partial charge in [-0.25, -0.2) is 0 Å². The van der Waals surface area contributed by atoms with E-state index in [9.17, 15) is 4.79 Å². The van der Waals surface area contributed by atoms with Crippen LogP contribution in [0.1, 0.15) is 30.5 Å². The minimum atomic E-state index is 0.0575. The highest BCUT2D eigenvalue weighted by molar-refractivity contribution is 5.78. The summed E-state index contributed by atoms with van der Waals surface area (Å²) in [5, 5.41) is 3.10. The lowest BCUT2D eigenvalue weighted by Gasteiger charge is -2.19. The maximum atomic E-state index is 12.0. The lowest BCUT2D eigenvalue weighted by molar-refractivity contribution is -0.121. The Morgan fingerprint density at radius 3 is 3.11 bits per heavy atom. The Bertz CT molecular complexity index is 419. The van der Waals surface area contributed by atoms with Gasteiger partial charge in [-0.2, -0.15) is 0 Å². The standard InChI is InChI=1S/C14H21N3O/c1-10-4-3-7-16-13(10)8-14(18)17-12-6-2-5-11(12)9-15/h3-4,7,11-12H,2,5-6,8-9,15H2,1H3,(H,17,18). The number of nitrogens with one attached hydrogen (secondary N) is 1. The van der Waals surface area contributed by atoms with E-state index in [0.717, 1.165) is 30.5 Å². The van der Waals surface area contributed by atoms with E-state index in [1.54, 1.807) is 6.20 Å². The van der Waals surface area contributed by atoms with Crippen molar-refractivity contribution in [3.63, 3.8) is 0 Å². The van der Waals surface area contributed by atoms with E-state index in [-0.39, 0.29) is 11.9 Å². The second kappa shape index (κ2) is 5.96. The molecule has 0 radical (unpaired) electrons. The molecule has 4 heteroatoms. The first kappa shape index (κ1) is 13.0. The molecule has 1 aromatic rings. The van der Waals surface area contributed by atoms with Crippen LogP contribution in [0.3, 0.4) is 0 Å². The number of amides is 1. The SMILES string of the molecule is Cc1cccnc1CC(=O)NC1CCCC1CN. The molecule has 1 aliphatic carbocycles. The molecule has 2 unspecified atom stereocenters. The van der Waals surface area contributed by atoms with Crippen LogP contribution in [-0.4, -0.2) is 23.5 Å². The summed E-state index contributed by atoms with van der Waals surface area (Å²) in [5.74, 6) is 0.501. The lowest BCUT2D eigenvalue weighted by atomic mass is 10.0. The number of hydrogen-bond donors (Lipinski definition) is 2. The van der Waals surface area contributed by atoms with E-state index in [1.165, 1.54) is 0 Å². The minimum absolute atomic E-state index is 0.0575. The highest BCUT2D eigenvalue weighted by Gasteiger charge is 2.27. The summed E-state index contributed by atoms with van der Waals surface area (Å²) >= 11 is 0. The van der Waals surface area contributed by atoms with Gasteiger partial charge in [0.15, 0.2) is 0 Å². The third-order valence-electron chi connectivity index (χ3n) is 3.75. The molecule has 18 heavy (non-hydrogen) atoms. The molecule has 1 aliphatic rings. The summed E-state index contributed by atoms with van der Waals surface area (Å²) in [5.41, 5.74) is 7.64. The van der Waals surface area contributed by atoms with E-state index < -0.39 is 0 Å². The molecule has 2 atom stereocenters. The molecule has 1 aromatic heterocycles. The van der Waals surface area contributed by atoms with Crippen molar-refractivity contribution in [1.82, 2.24) is 10.3 Å². The Balaban J connectivity index is 1.91. The molecule has 0 spiro atoms. The van der Waals surface area contributed by atoms with Crippen molar-refractivity contribution in [3.8, 4) is 0 Å². The lowest BCUT2D eigenvalue weighted by Crippen LogP contribution is -2.40. The Morgan fingerprint density at radius 1 is 1.56 bits per heavy atom. The number of nitrogens with zero attached hydrogens (tertiary/aromatic N) is 1. The number of pyridine rings is 1. The van der Waals surface area contributed by atoms with E-state index in [1.807, 2.05) is 19.1 Å². The average Bonchev–Trinajstić information content (AvgIpc) is 2.79. The summed E-state index contributed by atoms with van der Waals surface area (Å²) in [6.07, 6.45) is 5.43. The van der Waals surface area contributed by atoms with Crippen LogP contribution in [0.25, 0.3) is 0 Å². The van der Waals surface area contributed by atoms with Crippen LogP contribution in [0.5, 0.6) is 0 Å². The normalized spacial score (nSPS) is 23.0. The first-order valence-electron chi connectivity index (χ1n) is 6.60. The molecule has 3 N–H and O–H groups in total. The Labute approximate surface area is 108 Å². The summed E-state index contributed by atoms with van der Waals surface area (Å²) < 4.78 is 0. The number of aromatic nitrogens is 1.